The van der Waals surface area contributed by atoms with E-state index in [1.807, 2.05) is 0 Å². The fourth-order valence-electron chi connectivity index (χ4n) is 0. The van der Waals surface area contributed by atoms with Crippen LogP contribution in [0.25, 0.3) is 0 Å². The quantitative estimate of drug-likeness (QED) is 0.397. The van der Waals surface area contributed by atoms with Crippen LogP contribution in [0.5, 0.6) is 0 Å². The van der Waals surface area contributed by atoms with Crippen molar-refractivity contribution in [3.05, 3.63) is 0 Å². The Bertz CT molecular complexity index is 3.25. The van der Waals surface area contributed by atoms with Gasteiger partial charge in [0.1, 0.15) is 0 Å². The van der Waals surface area contributed by atoms with Crippen LogP contribution >= 0.6 is 0 Å². The summed E-state index contributed by atoms with van der Waals surface area (Å²) in [5, 5.41) is 0. The van der Waals surface area contributed by atoms with Crippen molar-refractivity contribution >= 4 is 0 Å². The highest BCUT2D eigenvalue weighted by atomic mass is 14.0. The summed E-state index contributed by atoms with van der Waals surface area (Å²) in [6.45, 7) is 4.25. The number of nitrogens with zero attached hydrogens (tertiary/aromatic N) is 1. The summed E-state index contributed by atoms with van der Waals surface area (Å²) in [4.78, 5) is 0. The van der Waals surface area contributed by atoms with E-state index in [-0.39, 0.29) is 6.15 Å². The summed E-state index contributed by atoms with van der Waals surface area (Å²) in [7, 11) is 0. The molecule has 0 amide bonds. The van der Waals surface area contributed by atoms with Gasteiger partial charge in [-0.1, -0.05) is 20.3 Å². The molecule has 3 radical (unpaired) electrons. The van der Waals surface area contributed by atoms with E-state index in [4.69, 9.17) is 0 Å². The highest BCUT2D eigenvalue weighted by Gasteiger charge is 1.35. The molecule has 0 aromatic carbocycles. The van der Waals surface area contributed by atoms with E-state index in [9.17, 15) is 0 Å². The predicted molar refractivity (Wildman–Crippen MR) is 18.1 cm³/mol. The van der Waals surface area contributed by atoms with Gasteiger partial charge in [0.05, 0.1) is 0 Å². The molecule has 1 nitrogen and oxygen atoms in total. The molecule has 0 rings (SSSR count). The molecule has 0 spiro atoms. The van der Waals surface area contributed by atoms with Crippen molar-refractivity contribution < 1.29 is 0 Å². The highest BCUT2D eigenvalue weighted by Crippen LogP contribution is 1.56. The molecule has 0 aromatic rings. The molecular weight excluding hydrogens is 50.0 g/mol. The van der Waals surface area contributed by atoms with Crippen molar-refractivity contribution in [3.63, 3.8) is 0 Å². The van der Waals surface area contributed by atoms with Crippen LogP contribution in [-0.2, 0) is 0 Å². The standard InChI is InChI=1S/C3H8.N/c1-3-2;/h3H2,1-2H3;. The Morgan fingerprint density at radius 1 is 1.25 bits per heavy atom. The third-order valence-electron chi connectivity index (χ3n) is 0. The second kappa shape index (κ2) is 12.3. The lowest BCUT2D eigenvalue weighted by molar-refractivity contribution is 1.09. The van der Waals surface area contributed by atoms with E-state index >= 15 is 0 Å². The van der Waals surface area contributed by atoms with Crippen molar-refractivity contribution in [1.29, 1.82) is 0 Å². The fourth-order valence-corrected chi connectivity index (χ4v) is 0. The van der Waals surface area contributed by atoms with Gasteiger partial charge in [0.15, 0.2) is 0 Å². The Kier molecular flexibility index (Phi) is 27.9. The Balaban J connectivity index is 0. The van der Waals surface area contributed by atoms with Gasteiger partial charge in [-0.25, -0.2) is 0 Å². The predicted octanol–water partition coefficient (Wildman–Crippen LogP) is 0.936. The topological polar surface area (TPSA) is 30.5 Å². The third kappa shape index (κ3) is 1130. The molecular formula is C3H8N. The third-order valence-corrected chi connectivity index (χ3v) is 0. The maximum atomic E-state index is 2.12. The minimum atomic E-state index is 0. The highest BCUT2D eigenvalue weighted by molar-refractivity contribution is 3.92. The molecule has 1 heteroatoms. The SMILES string of the molecule is CCC.[N]. The molecule has 0 heterocycles. The maximum Gasteiger partial charge on any atom is 0 e. The zero-order valence-electron chi connectivity index (χ0n) is 3.15. The van der Waals surface area contributed by atoms with Gasteiger partial charge in [0.2, 0.25) is 0 Å². The van der Waals surface area contributed by atoms with E-state index in [0.717, 1.165) is 0 Å². The molecule has 25 valence electrons. The van der Waals surface area contributed by atoms with Crippen molar-refractivity contribution in [2.75, 3.05) is 0 Å². The molecule has 0 aliphatic heterocycles. The molecule has 4 heavy (non-hydrogen) atoms. The largest absolute Gasteiger partial charge is 0.0656 e. The molecule has 0 bridgehead atoms. The first-order chi connectivity index (χ1) is 1.41. The normalized spacial score (nSPS) is 4.50. The Labute approximate surface area is 27.6 Å². The molecule has 0 N–H and O–H groups in total. The van der Waals surface area contributed by atoms with Gasteiger partial charge in [-0.3, -0.25) is 0 Å². The first-order valence-electron chi connectivity index (χ1n) is 1.41. The van der Waals surface area contributed by atoms with Crippen LogP contribution in [0.1, 0.15) is 20.3 Å². The second-order valence-corrected chi connectivity index (χ2v) is 0.707. The summed E-state index contributed by atoms with van der Waals surface area (Å²) >= 11 is 0. The zero-order chi connectivity index (χ0) is 2.71. The molecule has 0 aliphatic rings. The summed E-state index contributed by atoms with van der Waals surface area (Å²) in [5.74, 6) is 0. The van der Waals surface area contributed by atoms with Crippen molar-refractivity contribution in [1.82, 2.24) is 6.15 Å². The first kappa shape index (κ1) is 9.03. The smallest absolute Gasteiger partial charge is 0 e. The summed E-state index contributed by atoms with van der Waals surface area (Å²) in [6, 6.07) is 0. The molecule has 0 unspecified atom stereocenters. The van der Waals surface area contributed by atoms with Gasteiger partial charge < -0.3 is 0 Å². The van der Waals surface area contributed by atoms with E-state index in [1.54, 1.807) is 0 Å². The summed E-state index contributed by atoms with van der Waals surface area (Å²) < 4.78 is 0. The van der Waals surface area contributed by atoms with Crippen molar-refractivity contribution in [2.45, 2.75) is 20.3 Å². The van der Waals surface area contributed by atoms with Gasteiger partial charge >= 0.3 is 0 Å². The van der Waals surface area contributed by atoms with Crippen LogP contribution in [0.4, 0.5) is 0 Å². The van der Waals surface area contributed by atoms with Crippen LogP contribution in [0.3, 0.4) is 0 Å². The molecule has 0 atom stereocenters. The van der Waals surface area contributed by atoms with Gasteiger partial charge in [-0.15, -0.1) is 0 Å². The molecule has 0 aliphatic carbocycles. The van der Waals surface area contributed by atoms with Crippen LogP contribution in [0, 0.1) is 0 Å². The maximum absolute atomic E-state index is 2.12. The first-order valence-corrected chi connectivity index (χ1v) is 1.41. The van der Waals surface area contributed by atoms with Crippen LogP contribution in [-0.4, -0.2) is 0 Å². The monoisotopic (exact) mass is 58.1 g/mol. The van der Waals surface area contributed by atoms with Gasteiger partial charge in [0.25, 0.3) is 0 Å². The Hall–Kier alpha value is -0.0400. The zero-order valence-corrected chi connectivity index (χ0v) is 3.15. The van der Waals surface area contributed by atoms with Crippen LogP contribution in [0.15, 0.2) is 0 Å². The lowest BCUT2D eigenvalue weighted by Gasteiger charge is -1.48. The van der Waals surface area contributed by atoms with E-state index in [1.165, 1.54) is 6.42 Å². The second-order valence-electron chi connectivity index (χ2n) is 0.707. The van der Waals surface area contributed by atoms with Crippen LogP contribution in [0.2, 0.25) is 0 Å². The Morgan fingerprint density at radius 3 is 1.25 bits per heavy atom. The van der Waals surface area contributed by atoms with Gasteiger partial charge in [-0.2, -0.15) is 0 Å². The van der Waals surface area contributed by atoms with E-state index in [2.05, 4.69) is 13.8 Å². The molecule has 0 fully saturated rings. The number of rotatable bonds is 0. The number of hydrogen-bond acceptors (Lipinski definition) is 0. The molecule has 0 saturated carbocycles. The lowest BCUT2D eigenvalue weighted by atomic mass is 10.6. The fraction of sp³-hybridized carbons (Fsp3) is 1.00. The Morgan fingerprint density at radius 2 is 1.25 bits per heavy atom. The lowest BCUT2D eigenvalue weighted by Crippen LogP contribution is -1.27. The minimum Gasteiger partial charge on any atom is -0.0656 e. The minimum absolute atomic E-state index is 0. The molecule has 0 saturated heterocycles. The summed E-state index contributed by atoms with van der Waals surface area (Å²) in [6.07, 6.45) is 1.25. The van der Waals surface area contributed by atoms with E-state index in [0.29, 0.717) is 0 Å². The average Bonchev–Trinajstić information content (AvgIpc) is 0.918. The van der Waals surface area contributed by atoms with E-state index < -0.39 is 0 Å². The number of hydrogen-bond donors (Lipinski definition) is 0. The summed E-state index contributed by atoms with van der Waals surface area (Å²) in [5.41, 5.74) is 0. The van der Waals surface area contributed by atoms with Crippen molar-refractivity contribution in [3.8, 4) is 0 Å². The van der Waals surface area contributed by atoms with Gasteiger partial charge in [-0.05, 0) is 0 Å². The molecule has 0 aromatic heterocycles. The van der Waals surface area contributed by atoms with Crippen LogP contribution < -0.4 is 6.15 Å². The van der Waals surface area contributed by atoms with Gasteiger partial charge in [0, 0.05) is 6.15 Å². The van der Waals surface area contributed by atoms with Crippen molar-refractivity contribution in [2.24, 2.45) is 0 Å². The average molecular weight is 58.1 g/mol.